The smallest absolute Gasteiger partial charge is 0.253 e. The summed E-state index contributed by atoms with van der Waals surface area (Å²) in [5.74, 6) is -0.0671. The zero-order valence-corrected chi connectivity index (χ0v) is 11.7. The fourth-order valence-corrected chi connectivity index (χ4v) is 1.50. The molecule has 19 heavy (non-hydrogen) atoms. The first-order chi connectivity index (χ1) is 9.04. The molecule has 0 aliphatic heterocycles. The molecule has 5 nitrogen and oxygen atoms in total. The fourth-order valence-electron chi connectivity index (χ4n) is 1.50. The summed E-state index contributed by atoms with van der Waals surface area (Å²) in [5, 5.41) is 5.80. The molecular weight excluding hydrogens is 242 g/mol. The topological polar surface area (TPSA) is 61.4 Å². The number of nitrogens with one attached hydrogen (secondary N) is 2. The summed E-state index contributed by atoms with van der Waals surface area (Å²) in [4.78, 5) is 24.6. The second-order valence-corrected chi connectivity index (χ2v) is 4.48. The molecule has 2 N–H and O–H groups in total. The van der Waals surface area contributed by atoms with Crippen LogP contribution in [0.15, 0.2) is 24.3 Å². The quantitative estimate of drug-likeness (QED) is 0.814. The molecular formula is C14H21N3O2. The summed E-state index contributed by atoms with van der Waals surface area (Å²) in [6.45, 7) is 2.94. The van der Waals surface area contributed by atoms with Gasteiger partial charge in [0.25, 0.3) is 5.91 Å². The van der Waals surface area contributed by atoms with Crippen molar-refractivity contribution in [1.82, 2.24) is 10.2 Å². The van der Waals surface area contributed by atoms with Crippen LogP contribution in [0.5, 0.6) is 0 Å². The number of hydrogen-bond acceptors (Lipinski definition) is 3. The number of benzene rings is 1. The molecule has 0 aliphatic carbocycles. The summed E-state index contributed by atoms with van der Waals surface area (Å²) in [5.41, 5.74) is 1.45. The number of rotatable bonds is 6. The molecule has 2 amide bonds. The molecule has 1 aromatic rings. The van der Waals surface area contributed by atoms with Crippen molar-refractivity contribution in [3.63, 3.8) is 0 Å². The lowest BCUT2D eigenvalue weighted by molar-refractivity contribution is -0.119. The van der Waals surface area contributed by atoms with Gasteiger partial charge in [0.05, 0.1) is 6.54 Å². The average Bonchev–Trinajstić information content (AvgIpc) is 2.42. The normalized spacial score (nSPS) is 9.84. The van der Waals surface area contributed by atoms with E-state index in [1.165, 1.54) is 4.90 Å². The van der Waals surface area contributed by atoms with E-state index in [9.17, 15) is 9.59 Å². The first-order valence-electron chi connectivity index (χ1n) is 6.37. The Balaban J connectivity index is 2.49. The molecule has 0 aromatic heterocycles. The molecule has 0 fully saturated rings. The number of nitrogens with zero attached hydrogens (tertiary/aromatic N) is 1. The van der Waals surface area contributed by atoms with Crippen LogP contribution in [0.4, 0.5) is 5.69 Å². The molecule has 0 unspecified atom stereocenters. The predicted molar refractivity (Wildman–Crippen MR) is 76.2 cm³/mol. The van der Waals surface area contributed by atoms with E-state index in [4.69, 9.17) is 0 Å². The maximum atomic E-state index is 11.7. The van der Waals surface area contributed by atoms with Crippen molar-refractivity contribution in [2.75, 3.05) is 32.5 Å². The molecule has 0 saturated carbocycles. The lowest BCUT2D eigenvalue weighted by atomic mass is 10.2. The zero-order chi connectivity index (χ0) is 14.3. The molecule has 1 aromatic carbocycles. The Morgan fingerprint density at radius 1 is 1.16 bits per heavy atom. The van der Waals surface area contributed by atoms with Gasteiger partial charge in [-0.1, -0.05) is 6.92 Å². The van der Waals surface area contributed by atoms with Crippen molar-refractivity contribution >= 4 is 17.5 Å². The molecule has 1 rings (SSSR count). The molecule has 104 valence electrons. The van der Waals surface area contributed by atoms with Gasteiger partial charge >= 0.3 is 0 Å². The maximum Gasteiger partial charge on any atom is 0.253 e. The van der Waals surface area contributed by atoms with Crippen molar-refractivity contribution in [1.29, 1.82) is 0 Å². The van der Waals surface area contributed by atoms with Crippen molar-refractivity contribution in [3.05, 3.63) is 29.8 Å². The fraction of sp³-hybridized carbons (Fsp3) is 0.429. The first kappa shape index (κ1) is 15.0. The van der Waals surface area contributed by atoms with Crippen molar-refractivity contribution in [2.45, 2.75) is 13.3 Å². The minimum atomic E-state index is -0.0350. The Hall–Kier alpha value is -2.04. The number of carbonyl (C=O) groups is 2. The monoisotopic (exact) mass is 263 g/mol. The maximum absolute atomic E-state index is 11.7. The molecule has 0 bridgehead atoms. The number of amides is 2. The molecule has 0 heterocycles. The van der Waals surface area contributed by atoms with E-state index in [0.29, 0.717) is 12.1 Å². The minimum Gasteiger partial charge on any atom is -0.376 e. The summed E-state index contributed by atoms with van der Waals surface area (Å²) < 4.78 is 0. The third kappa shape index (κ3) is 4.99. The number of carbonyl (C=O) groups excluding carboxylic acids is 2. The molecule has 0 atom stereocenters. The Kier molecular flexibility index (Phi) is 5.85. The van der Waals surface area contributed by atoms with E-state index in [1.54, 1.807) is 38.4 Å². The summed E-state index contributed by atoms with van der Waals surface area (Å²) in [6, 6.07) is 7.08. The van der Waals surface area contributed by atoms with E-state index in [2.05, 4.69) is 10.6 Å². The van der Waals surface area contributed by atoms with Crippen LogP contribution >= 0.6 is 0 Å². The van der Waals surface area contributed by atoms with Gasteiger partial charge in [0.2, 0.25) is 5.91 Å². The second kappa shape index (κ2) is 7.41. The van der Waals surface area contributed by atoms with E-state index >= 15 is 0 Å². The van der Waals surface area contributed by atoms with Gasteiger partial charge in [-0.05, 0) is 30.7 Å². The Morgan fingerprint density at radius 2 is 1.79 bits per heavy atom. The van der Waals surface area contributed by atoms with Gasteiger partial charge in [0.15, 0.2) is 0 Å². The highest BCUT2D eigenvalue weighted by Crippen LogP contribution is 2.10. The van der Waals surface area contributed by atoms with Gasteiger partial charge < -0.3 is 15.5 Å². The second-order valence-electron chi connectivity index (χ2n) is 4.48. The molecule has 0 aliphatic rings. The van der Waals surface area contributed by atoms with E-state index in [0.717, 1.165) is 12.1 Å². The van der Waals surface area contributed by atoms with Gasteiger partial charge in [0.1, 0.15) is 0 Å². The number of anilines is 1. The van der Waals surface area contributed by atoms with Gasteiger partial charge in [-0.25, -0.2) is 0 Å². The van der Waals surface area contributed by atoms with Crippen molar-refractivity contribution in [3.8, 4) is 0 Å². The van der Waals surface area contributed by atoms with Crippen LogP contribution in [0.2, 0.25) is 0 Å². The van der Waals surface area contributed by atoms with Crippen LogP contribution in [-0.2, 0) is 4.79 Å². The Bertz CT molecular complexity index is 427. The third-order valence-corrected chi connectivity index (χ3v) is 2.56. The lowest BCUT2D eigenvalue weighted by Gasteiger charge is -2.11. The molecule has 0 saturated heterocycles. The van der Waals surface area contributed by atoms with E-state index < -0.39 is 0 Å². The van der Waals surface area contributed by atoms with E-state index in [1.807, 2.05) is 6.92 Å². The highest BCUT2D eigenvalue weighted by Gasteiger charge is 2.07. The predicted octanol–water partition coefficient (Wildman–Crippen LogP) is 1.33. The van der Waals surface area contributed by atoms with Gasteiger partial charge in [0, 0.05) is 31.9 Å². The number of hydrogen-bond donors (Lipinski definition) is 2. The van der Waals surface area contributed by atoms with Crippen LogP contribution in [0, 0.1) is 0 Å². The summed E-state index contributed by atoms with van der Waals surface area (Å²) in [6.07, 6.45) is 0.924. The summed E-state index contributed by atoms with van der Waals surface area (Å²) >= 11 is 0. The average molecular weight is 263 g/mol. The van der Waals surface area contributed by atoms with Crippen LogP contribution in [0.25, 0.3) is 0 Å². The van der Waals surface area contributed by atoms with Crippen LogP contribution < -0.4 is 10.6 Å². The Morgan fingerprint density at radius 3 is 2.32 bits per heavy atom. The standard InChI is InChI=1S/C14H21N3O2/c1-4-9-15-13(18)10-16-12-7-5-11(6-8-12)14(19)17(2)3/h5-8,16H,4,9-10H2,1-3H3,(H,15,18). The molecule has 0 radical (unpaired) electrons. The lowest BCUT2D eigenvalue weighted by Crippen LogP contribution is -2.30. The van der Waals surface area contributed by atoms with Gasteiger partial charge in [-0.2, -0.15) is 0 Å². The zero-order valence-electron chi connectivity index (χ0n) is 11.7. The first-order valence-corrected chi connectivity index (χ1v) is 6.37. The largest absolute Gasteiger partial charge is 0.376 e. The highest BCUT2D eigenvalue weighted by atomic mass is 16.2. The van der Waals surface area contributed by atoms with Crippen molar-refractivity contribution < 1.29 is 9.59 Å². The van der Waals surface area contributed by atoms with Gasteiger partial charge in [-0.15, -0.1) is 0 Å². The van der Waals surface area contributed by atoms with Crippen LogP contribution in [-0.4, -0.2) is 43.9 Å². The van der Waals surface area contributed by atoms with Crippen LogP contribution in [0.3, 0.4) is 0 Å². The third-order valence-electron chi connectivity index (χ3n) is 2.56. The van der Waals surface area contributed by atoms with E-state index in [-0.39, 0.29) is 18.4 Å². The Labute approximate surface area is 114 Å². The molecule has 5 heteroatoms. The van der Waals surface area contributed by atoms with Crippen LogP contribution in [0.1, 0.15) is 23.7 Å². The minimum absolute atomic E-state index is 0.0321. The molecule has 0 spiro atoms. The highest BCUT2D eigenvalue weighted by molar-refractivity contribution is 5.94. The SMILES string of the molecule is CCCNC(=O)CNc1ccc(C(=O)N(C)C)cc1. The summed E-state index contributed by atoms with van der Waals surface area (Å²) in [7, 11) is 3.43. The van der Waals surface area contributed by atoms with Crippen molar-refractivity contribution in [2.24, 2.45) is 0 Å². The van der Waals surface area contributed by atoms with Gasteiger partial charge in [-0.3, -0.25) is 9.59 Å².